The molecule has 1 aliphatic rings. The molecule has 1 atom stereocenters. The molecule has 0 unspecified atom stereocenters. The minimum atomic E-state index is 0.261. The second-order valence-corrected chi connectivity index (χ2v) is 5.51. The molecule has 1 aromatic heterocycles. The highest BCUT2D eigenvalue weighted by Gasteiger charge is 2.25. The van der Waals surface area contributed by atoms with E-state index < -0.39 is 0 Å². The van der Waals surface area contributed by atoms with E-state index in [2.05, 4.69) is 27.4 Å². The molecule has 2 rings (SSSR count). The monoisotopic (exact) mass is 259 g/mol. The summed E-state index contributed by atoms with van der Waals surface area (Å²) < 4.78 is 1.19. The van der Waals surface area contributed by atoms with Crippen LogP contribution in [0.25, 0.3) is 0 Å². The third-order valence-electron chi connectivity index (χ3n) is 2.86. The molecule has 1 saturated carbocycles. The van der Waals surface area contributed by atoms with Gasteiger partial charge in [-0.15, -0.1) is 11.3 Å². The van der Waals surface area contributed by atoms with E-state index in [4.69, 9.17) is 5.73 Å². The van der Waals surface area contributed by atoms with Gasteiger partial charge in [0.25, 0.3) is 0 Å². The summed E-state index contributed by atoms with van der Waals surface area (Å²) in [5.41, 5.74) is 6.23. The fraction of sp³-hybridized carbons (Fsp3) is 0.600. The Bertz CT molecular complexity index is 278. The van der Waals surface area contributed by atoms with Gasteiger partial charge in [0, 0.05) is 15.4 Å². The molecule has 2 N–H and O–H groups in total. The lowest BCUT2D eigenvalue weighted by molar-refractivity contribution is 0.449. The van der Waals surface area contributed by atoms with Gasteiger partial charge < -0.3 is 5.73 Å². The van der Waals surface area contributed by atoms with E-state index in [1.54, 1.807) is 11.3 Å². The van der Waals surface area contributed by atoms with Gasteiger partial charge >= 0.3 is 0 Å². The zero-order chi connectivity index (χ0) is 9.26. The molecule has 1 nitrogen and oxygen atoms in total. The molecule has 13 heavy (non-hydrogen) atoms. The van der Waals surface area contributed by atoms with Crippen LogP contribution in [-0.2, 0) is 0 Å². The predicted octanol–water partition coefficient (Wildman–Crippen LogP) is 3.70. The van der Waals surface area contributed by atoms with E-state index in [9.17, 15) is 0 Å². The quantitative estimate of drug-likeness (QED) is 0.862. The molecule has 3 heteroatoms. The predicted molar refractivity (Wildman–Crippen MR) is 60.9 cm³/mol. The van der Waals surface area contributed by atoms with Gasteiger partial charge in [0.1, 0.15) is 0 Å². The van der Waals surface area contributed by atoms with Crippen LogP contribution in [0, 0.1) is 5.92 Å². The highest BCUT2D eigenvalue weighted by molar-refractivity contribution is 9.10. The normalized spacial score (nSPS) is 20.8. The van der Waals surface area contributed by atoms with Crippen LogP contribution in [0.5, 0.6) is 0 Å². The Morgan fingerprint density at radius 2 is 2.15 bits per heavy atom. The number of hydrogen-bond donors (Lipinski definition) is 1. The van der Waals surface area contributed by atoms with Crippen molar-refractivity contribution < 1.29 is 0 Å². The van der Waals surface area contributed by atoms with E-state index in [1.165, 1.54) is 35.0 Å². The smallest absolute Gasteiger partial charge is 0.0429 e. The zero-order valence-corrected chi connectivity index (χ0v) is 9.90. The molecule has 1 aromatic rings. The first-order valence-corrected chi connectivity index (χ1v) is 6.45. The first kappa shape index (κ1) is 9.69. The zero-order valence-electron chi connectivity index (χ0n) is 7.50. The lowest BCUT2D eigenvalue weighted by Gasteiger charge is -2.17. The van der Waals surface area contributed by atoms with Gasteiger partial charge in [0.15, 0.2) is 0 Å². The van der Waals surface area contributed by atoms with Crippen LogP contribution in [-0.4, -0.2) is 0 Å². The van der Waals surface area contributed by atoms with Crippen molar-refractivity contribution in [1.29, 1.82) is 0 Å². The van der Waals surface area contributed by atoms with Crippen molar-refractivity contribution in [2.75, 3.05) is 0 Å². The standard InChI is InChI=1S/C10H14BrNS/c11-8-5-6-13-10(8)9(12)7-3-1-2-4-7/h5-7,9H,1-4,12H2/t9-/m0/s1. The van der Waals surface area contributed by atoms with Gasteiger partial charge in [-0.2, -0.15) is 0 Å². The van der Waals surface area contributed by atoms with Crippen molar-refractivity contribution in [2.45, 2.75) is 31.7 Å². The Labute approximate surface area is 91.5 Å². The molecule has 0 saturated heterocycles. The van der Waals surface area contributed by atoms with Crippen LogP contribution in [0.1, 0.15) is 36.6 Å². The molecule has 0 aliphatic heterocycles. The number of halogens is 1. The molecule has 72 valence electrons. The molecule has 0 radical (unpaired) electrons. The second-order valence-electron chi connectivity index (χ2n) is 3.70. The summed E-state index contributed by atoms with van der Waals surface area (Å²) in [6, 6.07) is 2.35. The van der Waals surface area contributed by atoms with Crippen molar-refractivity contribution in [1.82, 2.24) is 0 Å². The van der Waals surface area contributed by atoms with Crippen LogP contribution >= 0.6 is 27.3 Å². The van der Waals surface area contributed by atoms with E-state index in [0.29, 0.717) is 0 Å². The molecule has 1 aliphatic carbocycles. The van der Waals surface area contributed by atoms with Gasteiger partial charge in [-0.3, -0.25) is 0 Å². The average molecular weight is 260 g/mol. The van der Waals surface area contributed by atoms with Crippen molar-refractivity contribution >= 4 is 27.3 Å². The first-order valence-electron chi connectivity index (χ1n) is 4.77. The Hall–Kier alpha value is 0.140. The summed E-state index contributed by atoms with van der Waals surface area (Å²) in [6.45, 7) is 0. The summed E-state index contributed by atoms with van der Waals surface area (Å²) >= 11 is 5.32. The van der Waals surface area contributed by atoms with Gasteiger partial charge in [0.2, 0.25) is 0 Å². The fourth-order valence-electron chi connectivity index (χ4n) is 2.07. The molecule has 1 heterocycles. The lowest BCUT2D eigenvalue weighted by Crippen LogP contribution is -2.18. The Kier molecular flexibility index (Phi) is 3.06. The van der Waals surface area contributed by atoms with Crippen LogP contribution in [0.3, 0.4) is 0 Å². The number of hydrogen-bond acceptors (Lipinski definition) is 2. The maximum Gasteiger partial charge on any atom is 0.0429 e. The summed E-state index contributed by atoms with van der Waals surface area (Å²) in [4.78, 5) is 1.33. The molecule has 0 aromatic carbocycles. The van der Waals surface area contributed by atoms with Crippen LogP contribution in [0.2, 0.25) is 0 Å². The van der Waals surface area contributed by atoms with Crippen LogP contribution in [0.15, 0.2) is 15.9 Å². The van der Waals surface area contributed by atoms with Crippen LogP contribution in [0.4, 0.5) is 0 Å². The lowest BCUT2D eigenvalue weighted by atomic mass is 9.98. The molecular weight excluding hydrogens is 246 g/mol. The minimum Gasteiger partial charge on any atom is -0.323 e. The first-order chi connectivity index (χ1) is 6.29. The van der Waals surface area contributed by atoms with Gasteiger partial charge in [-0.25, -0.2) is 0 Å². The second kappa shape index (κ2) is 4.11. The number of thiophene rings is 1. The SMILES string of the molecule is N[C@H](c1sccc1Br)C1CCCC1. The van der Waals surface area contributed by atoms with Crippen molar-refractivity contribution in [2.24, 2.45) is 11.7 Å². The van der Waals surface area contributed by atoms with Crippen molar-refractivity contribution in [3.63, 3.8) is 0 Å². The topological polar surface area (TPSA) is 26.0 Å². The summed E-state index contributed by atoms with van der Waals surface area (Å²) in [6.07, 6.45) is 5.35. The van der Waals surface area contributed by atoms with Crippen molar-refractivity contribution in [3.8, 4) is 0 Å². The molecule has 0 amide bonds. The largest absolute Gasteiger partial charge is 0.323 e. The number of rotatable bonds is 2. The average Bonchev–Trinajstić information content (AvgIpc) is 2.72. The van der Waals surface area contributed by atoms with Gasteiger partial charge in [-0.05, 0) is 46.1 Å². The third kappa shape index (κ3) is 1.97. The Morgan fingerprint density at radius 3 is 2.69 bits per heavy atom. The Morgan fingerprint density at radius 1 is 1.46 bits per heavy atom. The van der Waals surface area contributed by atoms with E-state index >= 15 is 0 Å². The molecule has 1 fully saturated rings. The molecular formula is C10H14BrNS. The summed E-state index contributed by atoms with van der Waals surface area (Å²) in [5.74, 6) is 0.718. The van der Waals surface area contributed by atoms with Gasteiger partial charge in [-0.1, -0.05) is 12.8 Å². The molecule has 0 spiro atoms. The van der Waals surface area contributed by atoms with E-state index in [1.807, 2.05) is 0 Å². The summed E-state index contributed by atoms with van der Waals surface area (Å²) in [5, 5.41) is 2.11. The maximum absolute atomic E-state index is 6.23. The van der Waals surface area contributed by atoms with Crippen LogP contribution < -0.4 is 5.73 Å². The van der Waals surface area contributed by atoms with E-state index in [-0.39, 0.29) is 6.04 Å². The van der Waals surface area contributed by atoms with E-state index in [0.717, 1.165) is 5.92 Å². The van der Waals surface area contributed by atoms with Gasteiger partial charge in [0.05, 0.1) is 0 Å². The van der Waals surface area contributed by atoms with Crippen molar-refractivity contribution in [3.05, 3.63) is 20.8 Å². The number of nitrogens with two attached hydrogens (primary N) is 1. The maximum atomic E-state index is 6.23. The summed E-state index contributed by atoms with van der Waals surface area (Å²) in [7, 11) is 0. The highest BCUT2D eigenvalue weighted by atomic mass is 79.9. The fourth-order valence-corrected chi connectivity index (χ4v) is 3.81. The Balaban J connectivity index is 2.12. The highest BCUT2D eigenvalue weighted by Crippen LogP contribution is 2.38. The molecule has 0 bridgehead atoms. The minimum absolute atomic E-state index is 0.261. The third-order valence-corrected chi connectivity index (χ3v) is 4.83.